The third-order valence-corrected chi connectivity index (χ3v) is 6.13. The van der Waals surface area contributed by atoms with E-state index in [9.17, 15) is 8.42 Å². The first-order chi connectivity index (χ1) is 11.0. The number of imidazole rings is 1. The van der Waals surface area contributed by atoms with Crippen LogP contribution < -0.4 is 0 Å². The van der Waals surface area contributed by atoms with Gasteiger partial charge in [-0.25, -0.2) is 13.4 Å². The fourth-order valence-electron chi connectivity index (χ4n) is 2.30. The molecule has 0 aliphatic rings. The minimum atomic E-state index is -3.65. The van der Waals surface area contributed by atoms with Gasteiger partial charge in [0, 0.05) is 43.6 Å². The molecule has 122 valence electrons. The van der Waals surface area contributed by atoms with Gasteiger partial charge in [-0.1, -0.05) is 6.07 Å². The van der Waals surface area contributed by atoms with Crippen LogP contribution in [0.4, 0.5) is 0 Å². The fourth-order valence-corrected chi connectivity index (χ4v) is 4.45. The molecule has 0 saturated carbocycles. The van der Waals surface area contributed by atoms with Crippen LogP contribution in [-0.2, 0) is 37.2 Å². The van der Waals surface area contributed by atoms with Crippen molar-refractivity contribution in [2.24, 2.45) is 14.1 Å². The Kier molecular flexibility index (Phi) is 4.38. The van der Waals surface area contributed by atoms with E-state index in [1.54, 1.807) is 23.0 Å². The third-order valence-electron chi connectivity index (χ3n) is 3.59. The Labute approximate surface area is 139 Å². The van der Waals surface area contributed by atoms with E-state index in [1.165, 1.54) is 16.8 Å². The summed E-state index contributed by atoms with van der Waals surface area (Å²) in [7, 11) is 0.0111. The number of hydrogen-bond acceptors (Lipinski definition) is 4. The van der Waals surface area contributed by atoms with Crippen molar-refractivity contribution in [2.75, 3.05) is 0 Å². The minimum Gasteiger partial charge on any atom is -0.353 e. The van der Waals surface area contributed by atoms with Crippen molar-refractivity contribution in [3.05, 3.63) is 58.9 Å². The van der Waals surface area contributed by atoms with Gasteiger partial charge in [-0.15, -0.1) is 11.3 Å². The maximum absolute atomic E-state index is 13.0. The second-order valence-electron chi connectivity index (χ2n) is 5.34. The van der Waals surface area contributed by atoms with Crippen LogP contribution in [0.25, 0.3) is 0 Å². The topological polar surface area (TPSA) is 60.1 Å². The van der Waals surface area contributed by atoms with E-state index >= 15 is 0 Å². The summed E-state index contributed by atoms with van der Waals surface area (Å²) in [4.78, 5) is 5.02. The van der Waals surface area contributed by atoms with Gasteiger partial charge in [0.2, 0.25) is 0 Å². The number of thiophene rings is 1. The van der Waals surface area contributed by atoms with Crippen molar-refractivity contribution in [3.8, 4) is 0 Å². The molecular weight excluding hydrogens is 332 g/mol. The van der Waals surface area contributed by atoms with Crippen molar-refractivity contribution >= 4 is 21.4 Å². The van der Waals surface area contributed by atoms with Crippen LogP contribution in [0.2, 0.25) is 0 Å². The molecule has 0 saturated heterocycles. The Hall–Kier alpha value is -1.90. The van der Waals surface area contributed by atoms with Crippen LogP contribution in [0.5, 0.6) is 0 Å². The Morgan fingerprint density at radius 2 is 2.04 bits per heavy atom. The van der Waals surface area contributed by atoms with E-state index in [2.05, 4.69) is 4.98 Å². The lowest BCUT2D eigenvalue weighted by Crippen LogP contribution is -2.31. The lowest BCUT2D eigenvalue weighted by atomic mass is 10.4. The second kappa shape index (κ2) is 6.31. The molecule has 0 aliphatic heterocycles. The molecule has 0 radical (unpaired) electrons. The van der Waals surface area contributed by atoms with Gasteiger partial charge in [-0.3, -0.25) is 0 Å². The number of hydrogen-bond donors (Lipinski definition) is 0. The second-order valence-corrected chi connectivity index (χ2v) is 8.26. The summed E-state index contributed by atoms with van der Waals surface area (Å²) in [5, 5.41) is 2.02. The monoisotopic (exact) mass is 350 g/mol. The van der Waals surface area contributed by atoms with E-state index in [0.29, 0.717) is 13.1 Å². The van der Waals surface area contributed by atoms with Crippen LogP contribution in [0, 0.1) is 0 Å². The Balaban J connectivity index is 1.95. The van der Waals surface area contributed by atoms with E-state index in [4.69, 9.17) is 0 Å². The Morgan fingerprint density at radius 3 is 2.61 bits per heavy atom. The molecule has 6 nitrogen and oxygen atoms in total. The Bertz CT molecular complexity index is 878. The molecule has 3 heterocycles. The predicted octanol–water partition coefficient (Wildman–Crippen LogP) is 2.21. The van der Waals surface area contributed by atoms with Gasteiger partial charge in [0.25, 0.3) is 10.0 Å². The van der Waals surface area contributed by atoms with Crippen molar-refractivity contribution in [3.63, 3.8) is 0 Å². The average molecular weight is 350 g/mol. The quantitative estimate of drug-likeness (QED) is 0.685. The maximum atomic E-state index is 13.0. The molecule has 0 spiro atoms. The molecule has 8 heteroatoms. The first-order valence-corrected chi connectivity index (χ1v) is 9.39. The lowest BCUT2D eigenvalue weighted by Gasteiger charge is -2.20. The zero-order chi connectivity index (χ0) is 16.4. The molecule has 0 fully saturated rings. The highest BCUT2D eigenvalue weighted by Crippen LogP contribution is 2.21. The fraction of sp³-hybridized carbons (Fsp3) is 0.267. The highest BCUT2D eigenvalue weighted by molar-refractivity contribution is 7.89. The first-order valence-electron chi connectivity index (χ1n) is 7.07. The largest absolute Gasteiger partial charge is 0.353 e. The summed E-state index contributed by atoms with van der Waals surface area (Å²) in [6.07, 6.45) is 4.94. The van der Waals surface area contributed by atoms with Crippen molar-refractivity contribution in [1.29, 1.82) is 0 Å². The van der Waals surface area contributed by atoms with Crippen LogP contribution in [0.3, 0.4) is 0 Å². The summed E-state index contributed by atoms with van der Waals surface area (Å²) in [6.45, 7) is 0.641. The minimum absolute atomic E-state index is 0.0748. The molecule has 0 amide bonds. The summed E-state index contributed by atoms with van der Waals surface area (Å²) in [5.74, 6) is 0. The van der Waals surface area contributed by atoms with Crippen molar-refractivity contribution < 1.29 is 8.42 Å². The number of aromatic nitrogens is 3. The van der Waals surface area contributed by atoms with Crippen LogP contribution >= 0.6 is 11.3 Å². The normalized spacial score (nSPS) is 12.1. The molecule has 0 N–H and O–H groups in total. The maximum Gasteiger partial charge on any atom is 0.262 e. The zero-order valence-electron chi connectivity index (χ0n) is 13.0. The molecule has 0 bridgehead atoms. The number of sulfonamides is 1. The van der Waals surface area contributed by atoms with Crippen LogP contribution in [0.1, 0.15) is 10.6 Å². The van der Waals surface area contributed by atoms with Gasteiger partial charge in [0.15, 0.2) is 5.03 Å². The molecule has 3 aromatic heterocycles. The van der Waals surface area contributed by atoms with Gasteiger partial charge in [-0.2, -0.15) is 4.31 Å². The summed E-state index contributed by atoms with van der Waals surface area (Å²) in [5.41, 5.74) is 0.932. The highest BCUT2D eigenvalue weighted by atomic mass is 32.2. The van der Waals surface area contributed by atoms with E-state index in [1.807, 2.05) is 47.5 Å². The first kappa shape index (κ1) is 16.0. The van der Waals surface area contributed by atoms with Gasteiger partial charge < -0.3 is 9.13 Å². The average Bonchev–Trinajstić information content (AvgIpc) is 3.22. The molecule has 0 atom stereocenters. The molecule has 0 aromatic carbocycles. The SMILES string of the molecule is Cn1cnc(S(=O)(=O)N(Cc2cccs2)Cc2cccn2C)c1. The zero-order valence-corrected chi connectivity index (χ0v) is 14.6. The van der Waals surface area contributed by atoms with Crippen molar-refractivity contribution in [1.82, 2.24) is 18.4 Å². The van der Waals surface area contributed by atoms with Gasteiger partial charge in [-0.05, 0) is 23.6 Å². The smallest absolute Gasteiger partial charge is 0.262 e. The molecule has 3 rings (SSSR count). The predicted molar refractivity (Wildman–Crippen MR) is 89.4 cm³/mol. The number of aryl methyl sites for hydroxylation is 2. The standard InChI is InChI=1S/C15H18N4O2S2/c1-17-11-15(16-12-17)23(20,21)19(10-14-6-4-8-22-14)9-13-5-3-7-18(13)2/h3-8,11-12H,9-10H2,1-2H3. The summed E-state index contributed by atoms with van der Waals surface area (Å²) < 4.78 is 30.9. The van der Waals surface area contributed by atoms with Gasteiger partial charge >= 0.3 is 0 Å². The van der Waals surface area contributed by atoms with E-state index in [-0.39, 0.29) is 5.03 Å². The molecular formula is C15H18N4O2S2. The Morgan fingerprint density at radius 1 is 1.22 bits per heavy atom. The van der Waals surface area contributed by atoms with Crippen LogP contribution in [-0.4, -0.2) is 26.8 Å². The van der Waals surface area contributed by atoms with E-state index in [0.717, 1.165) is 10.6 Å². The van der Waals surface area contributed by atoms with Gasteiger partial charge in [0.05, 0.1) is 12.9 Å². The molecule has 0 aliphatic carbocycles. The number of rotatable bonds is 6. The molecule has 23 heavy (non-hydrogen) atoms. The summed E-state index contributed by atoms with van der Waals surface area (Å²) in [6, 6.07) is 7.70. The third kappa shape index (κ3) is 3.39. The molecule has 3 aromatic rings. The van der Waals surface area contributed by atoms with Gasteiger partial charge in [0.1, 0.15) is 0 Å². The van der Waals surface area contributed by atoms with Crippen LogP contribution in [0.15, 0.2) is 53.4 Å². The molecule has 0 unspecified atom stereocenters. The van der Waals surface area contributed by atoms with Crippen molar-refractivity contribution in [2.45, 2.75) is 18.1 Å². The lowest BCUT2D eigenvalue weighted by molar-refractivity contribution is 0.394. The number of nitrogens with zero attached hydrogens (tertiary/aromatic N) is 4. The van der Waals surface area contributed by atoms with E-state index < -0.39 is 10.0 Å². The highest BCUT2D eigenvalue weighted by Gasteiger charge is 2.28. The summed E-state index contributed by atoms with van der Waals surface area (Å²) >= 11 is 1.55.